The molecular formula is C45H60N10O9S. The maximum absolute atomic E-state index is 14.1. The average molecular weight is 917 g/mol. The van der Waals surface area contributed by atoms with Crippen LogP contribution in [0.25, 0.3) is 0 Å². The predicted molar refractivity (Wildman–Crippen MR) is 245 cm³/mol. The average Bonchev–Trinajstić information content (AvgIpc) is 3.24. The molecule has 0 aliphatic rings. The highest BCUT2D eigenvalue weighted by molar-refractivity contribution is 8.13. The van der Waals surface area contributed by atoms with Crippen molar-refractivity contribution >= 4 is 64.2 Å². The van der Waals surface area contributed by atoms with E-state index in [2.05, 4.69) is 36.9 Å². The van der Waals surface area contributed by atoms with Crippen molar-refractivity contribution in [1.29, 1.82) is 0 Å². The molecule has 19 nitrogen and oxygen atoms in total. The molecule has 0 heterocycles. The first kappa shape index (κ1) is 52.4. The topological polar surface area (TPSA) is 319 Å². The van der Waals surface area contributed by atoms with Crippen molar-refractivity contribution in [2.24, 2.45) is 28.1 Å². The maximum Gasteiger partial charge on any atom is 0.243 e. The Morgan fingerprint density at radius 3 is 1.69 bits per heavy atom. The summed E-state index contributed by atoms with van der Waals surface area (Å²) in [6, 6.07) is 16.0. The Hall–Kier alpha value is -6.96. The molecular weight excluding hydrogens is 857 g/mol. The number of carbonyl (C=O) groups is 8. The second-order valence-electron chi connectivity index (χ2n) is 15.8. The highest BCUT2D eigenvalue weighted by Crippen LogP contribution is 2.21. The number of nitrogens with two attached hydrogens (primary N) is 3. The summed E-state index contributed by atoms with van der Waals surface area (Å²) in [5.74, 6) is -5.68. The molecule has 0 fully saturated rings. The van der Waals surface area contributed by atoms with E-state index in [1.165, 1.54) is 26.0 Å². The van der Waals surface area contributed by atoms with E-state index in [0.717, 1.165) is 17.3 Å². The van der Waals surface area contributed by atoms with Gasteiger partial charge >= 0.3 is 0 Å². The number of benzene rings is 3. The van der Waals surface area contributed by atoms with Crippen LogP contribution in [0.5, 0.6) is 5.75 Å². The van der Waals surface area contributed by atoms with Crippen LogP contribution in [0.4, 0.5) is 0 Å². The number of amides is 7. The third-order valence-corrected chi connectivity index (χ3v) is 10.6. The summed E-state index contributed by atoms with van der Waals surface area (Å²) in [6.45, 7) is 6.37. The molecule has 0 saturated heterocycles. The number of hydrogen-bond acceptors (Lipinski definition) is 11. The number of aliphatic imine (C=N–C) groups is 1. The molecule has 13 N–H and O–H groups in total. The van der Waals surface area contributed by atoms with E-state index < -0.39 is 89.1 Å². The molecule has 350 valence electrons. The molecule has 3 aromatic rings. The zero-order valence-corrected chi connectivity index (χ0v) is 37.7. The zero-order chi connectivity index (χ0) is 48.1. The van der Waals surface area contributed by atoms with Crippen LogP contribution in [-0.2, 0) is 51.2 Å². The van der Waals surface area contributed by atoms with Crippen LogP contribution in [-0.4, -0.2) is 100 Å². The number of thioether (sulfide) groups is 1. The van der Waals surface area contributed by atoms with Gasteiger partial charge in [0.2, 0.25) is 46.5 Å². The van der Waals surface area contributed by atoms with E-state index >= 15 is 0 Å². The molecule has 0 saturated carbocycles. The summed E-state index contributed by atoms with van der Waals surface area (Å²) in [5.41, 5.74) is 17.7. The monoisotopic (exact) mass is 916 g/mol. The van der Waals surface area contributed by atoms with E-state index in [9.17, 15) is 43.5 Å². The Morgan fingerprint density at radius 1 is 0.600 bits per heavy atom. The minimum atomic E-state index is -1.55. The number of phenolic OH excluding ortho intramolecular Hbond substituents is 1. The minimum absolute atomic E-state index is 0.00954. The number of carbonyl (C=O) groups excluding carboxylic acids is 8. The lowest BCUT2D eigenvalue weighted by Crippen LogP contribution is -2.59. The van der Waals surface area contributed by atoms with Crippen LogP contribution < -0.4 is 49.1 Å². The second-order valence-corrected chi connectivity index (χ2v) is 16.8. The number of aromatic hydroxyl groups is 1. The third-order valence-electron chi connectivity index (χ3n) is 9.62. The number of hydrogen-bond donors (Lipinski definition) is 10. The fourth-order valence-electron chi connectivity index (χ4n) is 6.42. The van der Waals surface area contributed by atoms with Gasteiger partial charge in [-0.15, -0.1) is 0 Å². The standard InChI is InChI=1S/C45H60N10O9S/c1-26(2)22-34(51-28(4)56)41(61)54-35(23-30-17-19-31(57)20-18-30)42(62)52-33(16-11-21-49-45(47)48)40(60)50-27(3)39(59)53-36(25-38(46)58)43(63)55-37(24-29-12-7-5-8-13-29)44(64)65-32-14-9-6-10-15-32/h5-10,12-15,17-20,26-27,33-37,57H,11,16,21-25H2,1-4H3,(H2,46,58)(H,50,60)(H,51,56)(H,52,62)(H,53,59)(H,54,61)(H,55,63)(H4,47,48,49)/t27-,33-,34-,35-,36-,37-/m0/s1. The van der Waals surface area contributed by atoms with Crippen molar-refractivity contribution in [3.05, 3.63) is 96.1 Å². The number of guanidine groups is 1. The smallest absolute Gasteiger partial charge is 0.243 e. The molecule has 0 unspecified atom stereocenters. The Morgan fingerprint density at radius 2 is 1.11 bits per heavy atom. The molecule has 0 bridgehead atoms. The summed E-state index contributed by atoms with van der Waals surface area (Å²) < 4.78 is 0. The number of phenols is 1. The van der Waals surface area contributed by atoms with Crippen LogP contribution in [0, 0.1) is 5.92 Å². The van der Waals surface area contributed by atoms with E-state index in [1.807, 2.05) is 13.8 Å². The molecule has 0 radical (unpaired) electrons. The minimum Gasteiger partial charge on any atom is -0.508 e. The molecule has 65 heavy (non-hydrogen) atoms. The lowest BCUT2D eigenvalue weighted by molar-refractivity contribution is -0.135. The Labute approximate surface area is 382 Å². The Bertz CT molecular complexity index is 2120. The predicted octanol–water partition coefficient (Wildman–Crippen LogP) is 0.420. The van der Waals surface area contributed by atoms with Crippen LogP contribution >= 0.6 is 11.8 Å². The van der Waals surface area contributed by atoms with Crippen LogP contribution in [0.1, 0.15) is 64.5 Å². The van der Waals surface area contributed by atoms with Crippen molar-refractivity contribution in [3.63, 3.8) is 0 Å². The first-order valence-electron chi connectivity index (χ1n) is 21.0. The van der Waals surface area contributed by atoms with Gasteiger partial charge in [-0.05, 0) is 79.3 Å². The van der Waals surface area contributed by atoms with Gasteiger partial charge < -0.3 is 54.2 Å². The van der Waals surface area contributed by atoms with Gasteiger partial charge in [-0.1, -0.05) is 74.5 Å². The summed E-state index contributed by atoms with van der Waals surface area (Å²) in [7, 11) is 0. The number of nitrogens with one attached hydrogen (secondary N) is 6. The van der Waals surface area contributed by atoms with Crippen molar-refractivity contribution in [3.8, 4) is 5.75 Å². The van der Waals surface area contributed by atoms with E-state index in [4.69, 9.17) is 17.2 Å². The van der Waals surface area contributed by atoms with Gasteiger partial charge in [0, 0.05) is 31.2 Å². The zero-order valence-electron chi connectivity index (χ0n) is 36.9. The molecule has 0 aromatic heterocycles. The molecule has 7 amide bonds. The van der Waals surface area contributed by atoms with Gasteiger partial charge in [0.05, 0.1) is 6.42 Å². The summed E-state index contributed by atoms with van der Waals surface area (Å²) in [5, 5.41) is 25.0. The SMILES string of the molecule is CC(=O)N[C@@H](CC(C)C)C(=O)N[C@@H](Cc1ccc(O)cc1)C(=O)N[C@@H](CCCN=C(N)N)C(=O)N[C@@H](C)C(=O)N[C@@H](CC(N)=O)C(=O)N[C@@H](Cc1ccccc1)C(=O)Sc1ccccc1. The molecule has 3 aromatic carbocycles. The molecule has 3 rings (SSSR count). The van der Waals surface area contributed by atoms with Gasteiger partial charge in [-0.3, -0.25) is 43.3 Å². The van der Waals surface area contributed by atoms with Gasteiger partial charge in [-0.2, -0.15) is 0 Å². The van der Waals surface area contributed by atoms with Gasteiger partial charge in [0.25, 0.3) is 0 Å². The van der Waals surface area contributed by atoms with E-state index in [-0.39, 0.29) is 56.3 Å². The van der Waals surface area contributed by atoms with Crippen LogP contribution in [0.3, 0.4) is 0 Å². The third kappa shape index (κ3) is 19.5. The fraction of sp³-hybridized carbons (Fsp3) is 0.400. The quantitative estimate of drug-likeness (QED) is 0.0239. The highest BCUT2D eigenvalue weighted by atomic mass is 32.2. The van der Waals surface area contributed by atoms with Crippen LogP contribution in [0.15, 0.2) is 94.8 Å². The first-order valence-corrected chi connectivity index (χ1v) is 21.8. The van der Waals surface area contributed by atoms with E-state index in [1.54, 1.807) is 72.8 Å². The van der Waals surface area contributed by atoms with Crippen molar-refractivity contribution < 1.29 is 43.5 Å². The Balaban J connectivity index is 1.83. The largest absolute Gasteiger partial charge is 0.508 e. The fourth-order valence-corrected chi connectivity index (χ4v) is 7.23. The van der Waals surface area contributed by atoms with Gasteiger partial charge in [0.15, 0.2) is 5.96 Å². The number of nitrogens with zero attached hydrogens (tertiary/aromatic N) is 1. The van der Waals surface area contributed by atoms with Crippen LogP contribution in [0.2, 0.25) is 0 Å². The summed E-state index contributed by atoms with van der Waals surface area (Å²) >= 11 is 0.915. The lowest BCUT2D eigenvalue weighted by Gasteiger charge is -2.27. The normalized spacial score (nSPS) is 13.6. The Kier molecular flexibility index (Phi) is 21.4. The molecule has 0 aliphatic carbocycles. The highest BCUT2D eigenvalue weighted by Gasteiger charge is 2.33. The van der Waals surface area contributed by atoms with Crippen molar-refractivity contribution in [2.45, 2.75) is 107 Å². The van der Waals surface area contributed by atoms with Gasteiger partial charge in [0.1, 0.15) is 42.0 Å². The number of primary amides is 1. The molecule has 0 spiro atoms. The molecule has 20 heteroatoms. The van der Waals surface area contributed by atoms with Crippen molar-refractivity contribution in [2.75, 3.05) is 6.54 Å². The maximum atomic E-state index is 14.1. The lowest BCUT2D eigenvalue weighted by atomic mass is 10.0. The molecule has 6 atom stereocenters. The first-order chi connectivity index (χ1) is 30.8. The van der Waals surface area contributed by atoms with Crippen molar-refractivity contribution in [1.82, 2.24) is 31.9 Å². The summed E-state index contributed by atoms with van der Waals surface area (Å²) in [4.78, 5) is 111. The number of rotatable bonds is 25. The summed E-state index contributed by atoms with van der Waals surface area (Å²) in [6.07, 6.45) is -0.242. The van der Waals surface area contributed by atoms with Gasteiger partial charge in [-0.25, -0.2) is 0 Å². The second kappa shape index (κ2) is 26.6. The van der Waals surface area contributed by atoms with E-state index in [0.29, 0.717) is 10.5 Å². The molecule has 0 aliphatic heterocycles.